The van der Waals surface area contributed by atoms with Gasteiger partial charge in [0.15, 0.2) is 0 Å². The molecular weight excluding hydrogens is 328 g/mol. The Hall–Kier alpha value is -1.88. The van der Waals surface area contributed by atoms with Gasteiger partial charge in [-0.1, -0.05) is 30.3 Å². The van der Waals surface area contributed by atoms with E-state index in [-0.39, 0.29) is 23.8 Å². The third kappa shape index (κ3) is 4.85. The van der Waals surface area contributed by atoms with Crippen LogP contribution in [0.4, 0.5) is 0 Å². The largest absolute Gasteiger partial charge is 0.460 e. The van der Waals surface area contributed by atoms with Crippen LogP contribution >= 0.6 is 0 Å². The Morgan fingerprint density at radius 3 is 2.54 bits per heavy atom. The molecule has 2 fully saturated rings. The van der Waals surface area contributed by atoms with Crippen molar-refractivity contribution in [1.82, 2.24) is 9.80 Å². The van der Waals surface area contributed by atoms with Crippen LogP contribution in [-0.2, 0) is 20.9 Å². The normalized spacial score (nSPS) is 24.3. The molecule has 2 aliphatic heterocycles. The first-order chi connectivity index (χ1) is 12.3. The van der Waals surface area contributed by atoms with Gasteiger partial charge >= 0.3 is 5.97 Å². The Morgan fingerprint density at radius 2 is 1.92 bits per heavy atom. The second-order valence-electron chi connectivity index (χ2n) is 8.49. The molecule has 2 atom stereocenters. The number of amides is 1. The Balaban J connectivity index is 1.69. The number of rotatable bonds is 5. The van der Waals surface area contributed by atoms with Gasteiger partial charge in [0.05, 0.1) is 6.42 Å². The molecule has 26 heavy (non-hydrogen) atoms. The van der Waals surface area contributed by atoms with Crippen LogP contribution in [0.1, 0.15) is 45.6 Å². The molecule has 2 heterocycles. The fraction of sp³-hybridized carbons (Fsp3) is 0.619. The van der Waals surface area contributed by atoms with E-state index in [4.69, 9.17) is 4.74 Å². The van der Waals surface area contributed by atoms with Crippen molar-refractivity contribution in [2.75, 3.05) is 19.6 Å². The summed E-state index contributed by atoms with van der Waals surface area (Å²) in [5.74, 6) is 0.196. The molecule has 0 unspecified atom stereocenters. The monoisotopic (exact) mass is 358 g/mol. The number of benzene rings is 1. The van der Waals surface area contributed by atoms with E-state index in [1.807, 2.05) is 43.9 Å². The lowest BCUT2D eigenvalue weighted by molar-refractivity contribution is -0.156. The summed E-state index contributed by atoms with van der Waals surface area (Å²) in [4.78, 5) is 29.0. The van der Waals surface area contributed by atoms with Crippen LogP contribution in [0.15, 0.2) is 30.3 Å². The van der Waals surface area contributed by atoms with E-state index in [0.717, 1.165) is 32.6 Å². The lowest BCUT2D eigenvalue weighted by Crippen LogP contribution is -2.42. The molecular formula is C21H30N2O3. The standard InChI is InChI=1S/C21H30N2O3/c1-21(2,3)26-20(25)12-17-14-22(13-16-8-5-4-6-9-16)15-18(17)23-11-7-10-19(23)24/h4-6,8-9,17-18H,7,10-15H2,1-3H3/t17-,18-/m0/s1. The average Bonchev–Trinajstić information content (AvgIpc) is 3.12. The molecule has 5 heteroatoms. The van der Waals surface area contributed by atoms with Gasteiger partial charge in [0.25, 0.3) is 0 Å². The number of carbonyl (C=O) groups excluding carboxylic acids is 2. The minimum absolute atomic E-state index is 0.112. The predicted octanol–water partition coefficient (Wildman–Crippen LogP) is 2.84. The number of ether oxygens (including phenoxy) is 1. The SMILES string of the molecule is CC(C)(C)OC(=O)C[C@H]1CN(Cc2ccccc2)C[C@@H]1N1CCCC1=O. The average molecular weight is 358 g/mol. The maximum atomic E-state index is 12.4. The number of esters is 1. The zero-order valence-corrected chi connectivity index (χ0v) is 16.1. The summed E-state index contributed by atoms with van der Waals surface area (Å²) in [7, 11) is 0. The first-order valence-corrected chi connectivity index (χ1v) is 9.59. The molecule has 2 saturated heterocycles. The molecule has 0 aromatic heterocycles. The third-order valence-electron chi connectivity index (χ3n) is 5.09. The highest BCUT2D eigenvalue weighted by molar-refractivity contribution is 5.78. The Morgan fingerprint density at radius 1 is 1.19 bits per heavy atom. The van der Waals surface area contributed by atoms with Crippen molar-refractivity contribution in [3.63, 3.8) is 0 Å². The van der Waals surface area contributed by atoms with Crippen LogP contribution in [0.5, 0.6) is 0 Å². The molecule has 3 rings (SSSR count). The van der Waals surface area contributed by atoms with E-state index < -0.39 is 5.60 Å². The molecule has 5 nitrogen and oxygen atoms in total. The molecule has 0 bridgehead atoms. The zero-order chi connectivity index (χ0) is 18.7. The van der Waals surface area contributed by atoms with Gasteiger partial charge in [0.1, 0.15) is 5.60 Å². The molecule has 1 aromatic rings. The van der Waals surface area contributed by atoms with Crippen LogP contribution in [0.25, 0.3) is 0 Å². The molecule has 0 radical (unpaired) electrons. The quantitative estimate of drug-likeness (QED) is 0.760. The van der Waals surface area contributed by atoms with E-state index in [9.17, 15) is 9.59 Å². The lowest BCUT2D eigenvalue weighted by atomic mass is 9.98. The van der Waals surface area contributed by atoms with E-state index in [1.54, 1.807) is 0 Å². The van der Waals surface area contributed by atoms with Gasteiger partial charge < -0.3 is 9.64 Å². The van der Waals surface area contributed by atoms with E-state index in [1.165, 1.54) is 5.56 Å². The summed E-state index contributed by atoms with van der Waals surface area (Å²) in [6.07, 6.45) is 1.93. The van der Waals surface area contributed by atoms with Gasteiger partial charge in [0, 0.05) is 44.6 Å². The summed E-state index contributed by atoms with van der Waals surface area (Å²) in [6, 6.07) is 10.5. The molecule has 0 aliphatic carbocycles. The number of nitrogens with zero attached hydrogens (tertiary/aromatic N) is 2. The topological polar surface area (TPSA) is 49.9 Å². The van der Waals surface area contributed by atoms with Crippen molar-refractivity contribution in [3.8, 4) is 0 Å². The number of likely N-dealkylation sites (tertiary alicyclic amines) is 2. The minimum Gasteiger partial charge on any atom is -0.460 e. The molecule has 1 amide bonds. The van der Waals surface area contributed by atoms with Crippen LogP contribution in [-0.4, -0.2) is 53.0 Å². The van der Waals surface area contributed by atoms with Crippen molar-refractivity contribution in [2.24, 2.45) is 5.92 Å². The Labute approximate surface area is 156 Å². The minimum atomic E-state index is -0.474. The van der Waals surface area contributed by atoms with Crippen molar-refractivity contribution in [1.29, 1.82) is 0 Å². The summed E-state index contributed by atoms with van der Waals surface area (Å²) < 4.78 is 5.53. The molecule has 0 N–H and O–H groups in total. The van der Waals surface area contributed by atoms with Gasteiger partial charge in [-0.15, -0.1) is 0 Å². The van der Waals surface area contributed by atoms with E-state index in [2.05, 4.69) is 17.0 Å². The maximum absolute atomic E-state index is 12.4. The highest BCUT2D eigenvalue weighted by atomic mass is 16.6. The fourth-order valence-electron chi connectivity index (χ4n) is 4.08. The molecule has 142 valence electrons. The number of hydrogen-bond donors (Lipinski definition) is 0. The van der Waals surface area contributed by atoms with Gasteiger partial charge in [0.2, 0.25) is 5.91 Å². The molecule has 1 aromatic carbocycles. The smallest absolute Gasteiger partial charge is 0.306 e. The lowest BCUT2D eigenvalue weighted by Gasteiger charge is -2.29. The van der Waals surface area contributed by atoms with Gasteiger partial charge in [-0.05, 0) is 32.8 Å². The highest BCUT2D eigenvalue weighted by Gasteiger charge is 2.41. The second-order valence-corrected chi connectivity index (χ2v) is 8.49. The van der Waals surface area contributed by atoms with Gasteiger partial charge in [-0.2, -0.15) is 0 Å². The van der Waals surface area contributed by atoms with Gasteiger partial charge in [-0.3, -0.25) is 14.5 Å². The van der Waals surface area contributed by atoms with Crippen LogP contribution in [0.3, 0.4) is 0 Å². The third-order valence-corrected chi connectivity index (χ3v) is 5.09. The van der Waals surface area contributed by atoms with E-state index in [0.29, 0.717) is 12.8 Å². The summed E-state index contributed by atoms with van der Waals surface area (Å²) >= 11 is 0. The van der Waals surface area contributed by atoms with E-state index >= 15 is 0 Å². The fourth-order valence-corrected chi connectivity index (χ4v) is 4.08. The van der Waals surface area contributed by atoms with Crippen molar-refractivity contribution in [3.05, 3.63) is 35.9 Å². The molecule has 0 spiro atoms. The first-order valence-electron chi connectivity index (χ1n) is 9.59. The van der Waals surface area contributed by atoms with Crippen LogP contribution < -0.4 is 0 Å². The van der Waals surface area contributed by atoms with Crippen LogP contribution in [0, 0.1) is 5.92 Å². The first kappa shape index (κ1) is 18.9. The summed E-state index contributed by atoms with van der Waals surface area (Å²) in [5.41, 5.74) is 0.787. The second kappa shape index (κ2) is 7.78. The maximum Gasteiger partial charge on any atom is 0.306 e. The molecule has 2 aliphatic rings. The summed E-state index contributed by atoms with van der Waals surface area (Å²) in [5, 5.41) is 0. The van der Waals surface area contributed by atoms with Gasteiger partial charge in [-0.25, -0.2) is 0 Å². The zero-order valence-electron chi connectivity index (χ0n) is 16.1. The van der Waals surface area contributed by atoms with Crippen molar-refractivity contribution < 1.29 is 14.3 Å². The van der Waals surface area contributed by atoms with Crippen molar-refractivity contribution >= 4 is 11.9 Å². The Kier molecular flexibility index (Phi) is 5.66. The van der Waals surface area contributed by atoms with Crippen LogP contribution in [0.2, 0.25) is 0 Å². The van der Waals surface area contributed by atoms with Crippen molar-refractivity contribution in [2.45, 2.75) is 58.2 Å². The summed E-state index contributed by atoms with van der Waals surface area (Å²) in [6.45, 7) is 8.99. The number of hydrogen-bond acceptors (Lipinski definition) is 4. The predicted molar refractivity (Wildman–Crippen MR) is 100 cm³/mol. The Bertz CT molecular complexity index is 638. The highest BCUT2D eigenvalue weighted by Crippen LogP contribution is 2.30. The number of carbonyl (C=O) groups is 2. The molecule has 0 saturated carbocycles.